The number of ether oxygens (including phenoxy) is 1. The van der Waals surface area contributed by atoms with Crippen molar-refractivity contribution in [3.05, 3.63) is 64.3 Å². The van der Waals surface area contributed by atoms with Crippen LogP contribution in [0.25, 0.3) is 10.9 Å². The third-order valence-electron chi connectivity index (χ3n) is 7.71. The van der Waals surface area contributed by atoms with Gasteiger partial charge in [0.2, 0.25) is 0 Å². The van der Waals surface area contributed by atoms with Crippen molar-refractivity contribution in [2.24, 2.45) is 5.92 Å². The van der Waals surface area contributed by atoms with E-state index in [1.807, 2.05) is 28.6 Å². The molecule has 0 N–H and O–H groups in total. The van der Waals surface area contributed by atoms with E-state index in [9.17, 15) is 9.59 Å². The van der Waals surface area contributed by atoms with Gasteiger partial charge in [-0.15, -0.1) is 0 Å². The molecule has 1 atom stereocenters. The maximum atomic E-state index is 13.0. The molecule has 2 fully saturated rings. The summed E-state index contributed by atoms with van der Waals surface area (Å²) < 4.78 is 7.81. The predicted molar refractivity (Wildman–Crippen MR) is 142 cm³/mol. The third-order valence-corrected chi connectivity index (χ3v) is 7.96. The van der Waals surface area contributed by atoms with Crippen molar-refractivity contribution in [1.82, 2.24) is 14.7 Å². The lowest BCUT2D eigenvalue weighted by Gasteiger charge is -2.32. The zero-order chi connectivity index (χ0) is 25.1. The van der Waals surface area contributed by atoms with Crippen molar-refractivity contribution in [1.29, 1.82) is 0 Å². The van der Waals surface area contributed by atoms with Crippen LogP contribution in [0.1, 0.15) is 71.2 Å². The lowest BCUT2D eigenvalue weighted by molar-refractivity contribution is 0.0104. The topological polar surface area (TPSA) is 64.4 Å². The number of ketones is 1. The first kappa shape index (κ1) is 25.0. The first-order chi connectivity index (χ1) is 17.5. The van der Waals surface area contributed by atoms with Gasteiger partial charge in [-0.2, -0.15) is 5.10 Å². The molecule has 1 unspecified atom stereocenters. The second kappa shape index (κ2) is 11.1. The first-order valence-corrected chi connectivity index (χ1v) is 13.5. The average Bonchev–Trinajstić information content (AvgIpc) is 3.32. The number of rotatable bonds is 7. The number of halogens is 1. The van der Waals surface area contributed by atoms with Gasteiger partial charge in [-0.1, -0.05) is 11.6 Å². The minimum atomic E-state index is 0.0674. The summed E-state index contributed by atoms with van der Waals surface area (Å²) in [6.45, 7) is 5.16. The highest BCUT2D eigenvalue weighted by molar-refractivity contribution is 6.30. The number of benzene rings is 2. The zero-order valence-electron chi connectivity index (χ0n) is 20.9. The van der Waals surface area contributed by atoms with Crippen LogP contribution in [0, 0.1) is 12.8 Å². The Labute approximate surface area is 217 Å². The number of carbonyl (C=O) groups is 2. The number of fused-ring (bicyclic) bond motifs is 1. The number of amides is 1. The van der Waals surface area contributed by atoms with Crippen molar-refractivity contribution >= 4 is 34.2 Å². The Morgan fingerprint density at radius 3 is 2.56 bits per heavy atom. The van der Waals surface area contributed by atoms with Crippen LogP contribution in [-0.2, 0) is 11.3 Å². The maximum Gasteiger partial charge on any atom is 0.253 e. The molecule has 0 saturated carbocycles. The molecule has 6 nitrogen and oxygen atoms in total. The highest BCUT2D eigenvalue weighted by Gasteiger charge is 2.25. The van der Waals surface area contributed by atoms with E-state index in [0.717, 1.165) is 80.4 Å². The standard InChI is InChI=1S/C29H34ClN3O3/c1-20-25(28(34)12-9-24-4-2-3-17-36-24)10-11-27-26(20)19-33(31-27)18-21-13-15-32(16-14-21)29(35)22-5-7-23(30)8-6-22/h5-8,10-11,19,21,24H,2-4,9,12-18H2,1H3. The van der Waals surface area contributed by atoms with Crippen molar-refractivity contribution in [3.8, 4) is 0 Å². The summed E-state index contributed by atoms with van der Waals surface area (Å²) in [6.07, 6.45) is 8.91. The number of carbonyl (C=O) groups excluding carboxylic acids is 2. The summed E-state index contributed by atoms with van der Waals surface area (Å²) >= 11 is 5.95. The Bertz CT molecular complexity index is 1220. The predicted octanol–water partition coefficient (Wildman–Crippen LogP) is 6.08. The summed E-state index contributed by atoms with van der Waals surface area (Å²) in [5.41, 5.74) is 3.42. The van der Waals surface area contributed by atoms with Crippen molar-refractivity contribution in [2.45, 2.75) is 64.5 Å². The summed E-state index contributed by atoms with van der Waals surface area (Å²) in [6, 6.07) is 11.0. The van der Waals surface area contributed by atoms with Crippen LogP contribution >= 0.6 is 11.6 Å². The molecule has 2 aliphatic heterocycles. The van der Waals surface area contributed by atoms with E-state index in [2.05, 4.69) is 6.20 Å². The molecule has 36 heavy (non-hydrogen) atoms. The van der Waals surface area contributed by atoms with Gasteiger partial charge >= 0.3 is 0 Å². The number of aryl methyl sites for hydroxylation is 1. The minimum Gasteiger partial charge on any atom is -0.378 e. The molecule has 0 bridgehead atoms. The minimum absolute atomic E-state index is 0.0674. The van der Waals surface area contributed by atoms with Crippen molar-refractivity contribution < 1.29 is 14.3 Å². The Morgan fingerprint density at radius 2 is 1.83 bits per heavy atom. The quantitative estimate of drug-likeness (QED) is 0.363. The molecule has 0 aliphatic carbocycles. The highest BCUT2D eigenvalue weighted by atomic mass is 35.5. The fourth-order valence-corrected chi connectivity index (χ4v) is 5.62. The molecule has 2 saturated heterocycles. The third kappa shape index (κ3) is 5.65. The van der Waals surface area contributed by atoms with Crippen LogP contribution in [0.4, 0.5) is 0 Å². The van der Waals surface area contributed by atoms with E-state index < -0.39 is 0 Å². The number of nitrogens with zero attached hydrogens (tertiary/aromatic N) is 3. The summed E-state index contributed by atoms with van der Waals surface area (Å²) in [5, 5.41) is 6.47. The molecule has 2 aromatic carbocycles. The number of Topliss-reactive ketones (excluding diaryl/α,β-unsaturated/α-hetero) is 1. The summed E-state index contributed by atoms with van der Waals surface area (Å²) in [5.74, 6) is 0.720. The van der Waals surface area contributed by atoms with Crippen molar-refractivity contribution in [3.63, 3.8) is 0 Å². The van der Waals surface area contributed by atoms with Gasteiger partial charge in [0.1, 0.15) is 0 Å². The fraction of sp³-hybridized carbons (Fsp3) is 0.483. The van der Waals surface area contributed by atoms with Gasteiger partial charge < -0.3 is 9.64 Å². The van der Waals surface area contributed by atoms with E-state index in [0.29, 0.717) is 22.9 Å². The van der Waals surface area contributed by atoms with E-state index in [1.165, 1.54) is 6.42 Å². The molecule has 2 aliphatic rings. The second-order valence-corrected chi connectivity index (χ2v) is 10.7. The Kier molecular flexibility index (Phi) is 7.73. The molecule has 0 spiro atoms. The van der Waals surface area contributed by atoms with E-state index in [-0.39, 0.29) is 17.8 Å². The van der Waals surface area contributed by atoms with Crippen LogP contribution in [0.15, 0.2) is 42.6 Å². The maximum absolute atomic E-state index is 13.0. The number of likely N-dealkylation sites (tertiary alicyclic amines) is 1. The van der Waals surface area contributed by atoms with E-state index in [1.54, 1.807) is 24.3 Å². The molecule has 7 heteroatoms. The van der Waals surface area contributed by atoms with Crippen molar-refractivity contribution in [2.75, 3.05) is 19.7 Å². The average molecular weight is 508 g/mol. The highest BCUT2D eigenvalue weighted by Crippen LogP contribution is 2.26. The van der Waals surface area contributed by atoms with Crippen LogP contribution in [0.5, 0.6) is 0 Å². The van der Waals surface area contributed by atoms with Crippen LogP contribution in [0.2, 0.25) is 5.02 Å². The number of hydrogen-bond donors (Lipinski definition) is 0. The van der Waals surface area contributed by atoms with Crippen LogP contribution in [-0.4, -0.2) is 52.2 Å². The Morgan fingerprint density at radius 1 is 1.06 bits per heavy atom. The SMILES string of the molecule is Cc1c(C(=O)CCC2CCCCO2)ccc2nn(CC3CCN(C(=O)c4ccc(Cl)cc4)CC3)cc12. The number of hydrogen-bond acceptors (Lipinski definition) is 4. The molecule has 190 valence electrons. The molecular formula is C29H34ClN3O3. The normalized spacial score (nSPS) is 19.1. The van der Waals surface area contributed by atoms with Gasteiger partial charge in [0.15, 0.2) is 5.78 Å². The van der Waals surface area contributed by atoms with Gasteiger partial charge in [0, 0.05) is 60.4 Å². The molecule has 1 aromatic heterocycles. The molecule has 5 rings (SSSR count). The van der Waals surface area contributed by atoms with Gasteiger partial charge in [-0.25, -0.2) is 0 Å². The van der Waals surface area contributed by atoms with Gasteiger partial charge in [-0.05, 0) is 93.3 Å². The monoisotopic (exact) mass is 507 g/mol. The molecular weight excluding hydrogens is 474 g/mol. The largest absolute Gasteiger partial charge is 0.378 e. The van der Waals surface area contributed by atoms with E-state index in [4.69, 9.17) is 21.4 Å². The molecule has 3 heterocycles. The van der Waals surface area contributed by atoms with Gasteiger partial charge in [0.25, 0.3) is 5.91 Å². The number of aromatic nitrogens is 2. The molecule has 3 aromatic rings. The first-order valence-electron chi connectivity index (χ1n) is 13.1. The smallest absolute Gasteiger partial charge is 0.253 e. The van der Waals surface area contributed by atoms with Gasteiger partial charge in [0.05, 0.1) is 11.6 Å². The summed E-state index contributed by atoms with van der Waals surface area (Å²) in [4.78, 5) is 27.7. The molecule has 0 radical (unpaired) electrons. The van der Waals surface area contributed by atoms with Crippen LogP contribution < -0.4 is 0 Å². The number of piperidine rings is 1. The molecule has 1 amide bonds. The van der Waals surface area contributed by atoms with Gasteiger partial charge in [-0.3, -0.25) is 14.3 Å². The lowest BCUT2D eigenvalue weighted by atomic mass is 9.96. The Balaban J connectivity index is 1.18. The fourth-order valence-electron chi connectivity index (χ4n) is 5.50. The zero-order valence-corrected chi connectivity index (χ0v) is 21.7. The van der Waals surface area contributed by atoms with E-state index >= 15 is 0 Å². The van der Waals surface area contributed by atoms with Crippen LogP contribution in [0.3, 0.4) is 0 Å². The Hall–Kier alpha value is -2.70. The second-order valence-electron chi connectivity index (χ2n) is 10.2. The summed E-state index contributed by atoms with van der Waals surface area (Å²) in [7, 11) is 0. The lowest BCUT2D eigenvalue weighted by Crippen LogP contribution is -2.39.